The Balaban J connectivity index is 1.27. The third kappa shape index (κ3) is 15.1. The third-order valence-electron chi connectivity index (χ3n) is 14.0. The number of carboxylic acid groups (broad SMARTS) is 1. The Labute approximate surface area is 408 Å². The van der Waals surface area contributed by atoms with Gasteiger partial charge in [-0.2, -0.15) is 0 Å². The molecule has 0 saturated carbocycles. The lowest BCUT2D eigenvalue weighted by Gasteiger charge is -2.50. The first-order valence-electron chi connectivity index (χ1n) is 25.1. The molecular weight excluding hydrogens is 936 g/mol. The summed E-state index contributed by atoms with van der Waals surface area (Å²) < 4.78 is 60.0. The van der Waals surface area contributed by atoms with Crippen LogP contribution in [0.5, 0.6) is 0 Å². The van der Waals surface area contributed by atoms with Crippen molar-refractivity contribution in [3.63, 3.8) is 0 Å². The molecule has 0 aromatic carbocycles. The summed E-state index contributed by atoms with van der Waals surface area (Å²) in [7, 11) is 0. The van der Waals surface area contributed by atoms with E-state index < -0.39 is 172 Å². The Morgan fingerprint density at radius 2 is 0.843 bits per heavy atom. The van der Waals surface area contributed by atoms with Crippen molar-refractivity contribution in [3.05, 3.63) is 0 Å². The van der Waals surface area contributed by atoms with E-state index in [1.165, 1.54) is 27.7 Å². The molecule has 5 aliphatic heterocycles. The van der Waals surface area contributed by atoms with Crippen molar-refractivity contribution in [1.29, 1.82) is 0 Å². The van der Waals surface area contributed by atoms with Gasteiger partial charge in [-0.3, -0.25) is 4.79 Å². The lowest BCUT2D eigenvalue weighted by Crippen LogP contribution is -2.67. The second kappa shape index (κ2) is 27.9. The van der Waals surface area contributed by atoms with Gasteiger partial charge < -0.3 is 114 Å². The van der Waals surface area contributed by atoms with E-state index in [1.54, 1.807) is 0 Å². The van der Waals surface area contributed by atoms with Crippen LogP contribution in [-0.4, -0.2) is 239 Å². The number of hydrogen-bond donors (Lipinski definition) is 13. The van der Waals surface area contributed by atoms with Gasteiger partial charge in [0.25, 0.3) is 0 Å². The molecule has 5 rings (SSSR count). The van der Waals surface area contributed by atoms with Crippen LogP contribution in [0.4, 0.5) is 0 Å². The van der Waals surface area contributed by atoms with Crippen molar-refractivity contribution in [3.8, 4) is 0 Å². The number of rotatable bonds is 25. The lowest BCUT2D eigenvalue weighted by atomic mass is 9.95. The molecule has 13 N–H and O–H groups in total. The monoisotopic (exact) mass is 1020 g/mol. The molecule has 0 aromatic heterocycles. The van der Waals surface area contributed by atoms with E-state index in [1.807, 2.05) is 0 Å². The van der Waals surface area contributed by atoms with Crippen molar-refractivity contribution < 1.29 is 119 Å². The highest BCUT2D eigenvalue weighted by Crippen LogP contribution is 2.37. The van der Waals surface area contributed by atoms with E-state index in [2.05, 4.69) is 6.92 Å². The van der Waals surface area contributed by atoms with Gasteiger partial charge in [-0.1, -0.05) is 64.7 Å². The molecular formula is C46H82O24. The van der Waals surface area contributed by atoms with Gasteiger partial charge in [0.2, 0.25) is 0 Å². The van der Waals surface area contributed by atoms with Crippen LogP contribution in [0, 0.1) is 0 Å². The van der Waals surface area contributed by atoms with Gasteiger partial charge in [0.1, 0.15) is 97.7 Å². The minimum atomic E-state index is -1.92. The Morgan fingerprint density at radius 3 is 1.37 bits per heavy atom. The lowest BCUT2D eigenvalue weighted by molar-refractivity contribution is -0.399. The highest BCUT2D eigenvalue weighted by Gasteiger charge is 2.56. The second-order valence-corrected chi connectivity index (χ2v) is 19.5. The maximum Gasteiger partial charge on any atom is 0.303 e. The van der Waals surface area contributed by atoms with Crippen molar-refractivity contribution in [2.24, 2.45) is 0 Å². The van der Waals surface area contributed by atoms with E-state index in [0.717, 1.165) is 57.8 Å². The van der Waals surface area contributed by atoms with E-state index in [4.69, 9.17) is 52.5 Å². The molecule has 0 spiro atoms. The highest BCUT2D eigenvalue weighted by molar-refractivity contribution is 5.66. The smallest absolute Gasteiger partial charge is 0.303 e. The van der Waals surface area contributed by atoms with Crippen LogP contribution >= 0.6 is 0 Å². The van der Waals surface area contributed by atoms with Crippen LogP contribution < -0.4 is 0 Å². The van der Waals surface area contributed by atoms with Gasteiger partial charge in [-0.05, 0) is 47.0 Å². The second-order valence-electron chi connectivity index (χ2n) is 19.5. The van der Waals surface area contributed by atoms with Gasteiger partial charge in [0.05, 0.1) is 37.1 Å². The zero-order valence-corrected chi connectivity index (χ0v) is 40.7. The third-order valence-corrected chi connectivity index (χ3v) is 14.0. The van der Waals surface area contributed by atoms with Crippen molar-refractivity contribution in [2.75, 3.05) is 6.61 Å². The molecule has 5 aliphatic rings. The van der Waals surface area contributed by atoms with Crippen LogP contribution in [0.1, 0.15) is 118 Å². The van der Waals surface area contributed by atoms with Crippen molar-refractivity contribution >= 4 is 5.97 Å². The summed E-state index contributed by atoms with van der Waals surface area (Å²) >= 11 is 0. The summed E-state index contributed by atoms with van der Waals surface area (Å²) in [5, 5.41) is 139. The van der Waals surface area contributed by atoms with Gasteiger partial charge >= 0.3 is 5.97 Å². The van der Waals surface area contributed by atoms with Crippen LogP contribution in [0.2, 0.25) is 0 Å². The Kier molecular flexibility index (Phi) is 23.7. The SMILES string of the molecule is CCCCC[C@@H](CCCCCCCCCC(=O)O)O[C@@H]1O[C@H](CO)[C@@H](O)[C@H](O)[C@H]1O[C@@H]1O[C@@H](C)[C@H](O[C@@H]2O[C@@H](C)[C@H](O[C@@H]3O[C@@H](C)[C@H](O)[C@@H](O)[C@H]3O)[C@@H](O[C@@H]3O[C@@H](C)[C@H](O)[C@@H](O)[C@H]3O)[C@H]2O)[C@@H](O)[C@H]1O. The summed E-state index contributed by atoms with van der Waals surface area (Å²) in [5.41, 5.74) is 0. The number of aliphatic carboxylic acids is 1. The zero-order valence-electron chi connectivity index (χ0n) is 40.7. The minimum absolute atomic E-state index is 0.155. The molecule has 26 atom stereocenters. The molecule has 0 aromatic rings. The quantitative estimate of drug-likeness (QED) is 0.0430. The Morgan fingerprint density at radius 1 is 0.429 bits per heavy atom. The highest BCUT2D eigenvalue weighted by atomic mass is 16.8. The first-order valence-corrected chi connectivity index (χ1v) is 25.1. The van der Waals surface area contributed by atoms with E-state index in [9.17, 15) is 66.1 Å². The Bertz CT molecular complexity index is 1520. The van der Waals surface area contributed by atoms with Gasteiger partial charge in [-0.15, -0.1) is 0 Å². The molecule has 0 unspecified atom stereocenters. The fourth-order valence-electron chi connectivity index (χ4n) is 9.56. The average Bonchev–Trinajstić information content (AvgIpc) is 3.32. The zero-order chi connectivity index (χ0) is 51.6. The number of unbranched alkanes of at least 4 members (excludes halogenated alkanes) is 8. The molecule has 0 aliphatic carbocycles. The summed E-state index contributed by atoms with van der Waals surface area (Å²) in [6.45, 7) is 7.14. The molecule has 0 radical (unpaired) electrons. The summed E-state index contributed by atoms with van der Waals surface area (Å²) in [6, 6.07) is 0. The number of ether oxygens (including phenoxy) is 10. The molecule has 5 heterocycles. The maximum absolute atomic E-state index is 11.9. The molecule has 0 amide bonds. The van der Waals surface area contributed by atoms with Crippen molar-refractivity contribution in [2.45, 2.75) is 278 Å². The topological polar surface area (TPSA) is 372 Å². The molecule has 24 heteroatoms. The molecule has 5 fully saturated rings. The number of carboxylic acids is 1. The molecule has 0 bridgehead atoms. The average molecular weight is 1020 g/mol. The van der Waals surface area contributed by atoms with Gasteiger partial charge in [0.15, 0.2) is 31.5 Å². The Hall–Kier alpha value is -1.41. The summed E-state index contributed by atoms with van der Waals surface area (Å²) in [6.07, 6.45) is -29.2. The standard InChI is InChI=1S/C46H82O24/c1-6-7-13-16-24(17-14-11-9-8-10-12-15-18-26(48)49)65-46-41(32(55)29(52)25(19-47)66-46)70-44-36(59)33(56)38(22(4)63-44)67-45-37(60)40(69-43-35(58)31(54)28(51)21(3)62-43)39(23(5)64-45)68-42-34(57)30(53)27(50)20(2)61-42/h20-25,27-47,50-60H,6-19H2,1-5H3,(H,48,49)/t20-,21-,22-,23-,24-,25+,27-,28-,29+,30+,31+,32-,33-,34+,35+,36+,37+,38-,39-,40-,41+,42-,43-,44-,45-,46+/m0/s1. The number of aliphatic hydroxyl groups is 12. The van der Waals surface area contributed by atoms with Crippen LogP contribution in [0.3, 0.4) is 0 Å². The largest absolute Gasteiger partial charge is 0.481 e. The van der Waals surface area contributed by atoms with E-state index >= 15 is 0 Å². The van der Waals surface area contributed by atoms with E-state index in [-0.39, 0.29) is 6.42 Å². The molecule has 410 valence electrons. The molecule has 24 nitrogen and oxygen atoms in total. The van der Waals surface area contributed by atoms with E-state index in [0.29, 0.717) is 19.3 Å². The summed E-state index contributed by atoms with van der Waals surface area (Å²) in [4.78, 5) is 10.8. The van der Waals surface area contributed by atoms with Crippen molar-refractivity contribution in [1.82, 2.24) is 0 Å². The number of aliphatic hydroxyl groups excluding tert-OH is 12. The summed E-state index contributed by atoms with van der Waals surface area (Å²) in [5.74, 6) is -0.803. The predicted octanol–water partition coefficient (Wildman–Crippen LogP) is -2.25. The fraction of sp³-hybridized carbons (Fsp3) is 0.978. The predicted molar refractivity (Wildman–Crippen MR) is 237 cm³/mol. The van der Waals surface area contributed by atoms with Gasteiger partial charge in [-0.25, -0.2) is 0 Å². The van der Waals surface area contributed by atoms with Crippen LogP contribution in [0.25, 0.3) is 0 Å². The number of carbonyl (C=O) groups is 1. The van der Waals surface area contributed by atoms with Gasteiger partial charge in [0, 0.05) is 6.42 Å². The first kappa shape index (κ1) is 59.5. The minimum Gasteiger partial charge on any atom is -0.481 e. The van der Waals surface area contributed by atoms with Crippen LogP contribution in [-0.2, 0) is 52.2 Å². The molecule has 70 heavy (non-hydrogen) atoms. The molecule has 5 saturated heterocycles. The fourth-order valence-corrected chi connectivity index (χ4v) is 9.56. The van der Waals surface area contributed by atoms with Crippen LogP contribution in [0.15, 0.2) is 0 Å². The number of hydrogen-bond acceptors (Lipinski definition) is 23. The normalized spacial score (nSPS) is 45.4. The first-order chi connectivity index (χ1) is 33.2. The maximum atomic E-state index is 11.9.